The van der Waals surface area contributed by atoms with Crippen molar-refractivity contribution in [3.8, 4) is 11.8 Å². The molecule has 9 nitrogen and oxygen atoms in total. The summed E-state index contributed by atoms with van der Waals surface area (Å²) < 4.78 is 11.8. The van der Waals surface area contributed by atoms with Gasteiger partial charge in [-0.25, -0.2) is 4.79 Å². The van der Waals surface area contributed by atoms with Crippen molar-refractivity contribution in [1.29, 1.82) is 5.26 Å². The van der Waals surface area contributed by atoms with E-state index in [-0.39, 0.29) is 25.5 Å². The molecule has 0 fully saturated rings. The van der Waals surface area contributed by atoms with E-state index in [1.165, 1.54) is 11.1 Å². The van der Waals surface area contributed by atoms with Gasteiger partial charge in [0.15, 0.2) is 6.29 Å². The summed E-state index contributed by atoms with van der Waals surface area (Å²) >= 11 is 0. The number of unbranched alkanes of at least 4 members (excludes halogenated alkanes) is 2. The Morgan fingerprint density at radius 1 is 1.27 bits per heavy atom. The molecule has 9 heteroatoms. The molecule has 0 aromatic carbocycles. The first-order valence-electron chi connectivity index (χ1n) is 12.5. The summed E-state index contributed by atoms with van der Waals surface area (Å²) in [5, 5.41) is 18.1. The average Bonchev–Trinajstić information content (AvgIpc) is 2.81. The van der Waals surface area contributed by atoms with Gasteiger partial charge in [-0.15, -0.1) is 0 Å². The standard InChI is InChI=1S/C28H37N3O6/c1-19-13-21(10-11-22(19)14-29)18-36-26-20(2)30-15-23(17-32)24(26)16-31(27(35)37-28(3,4)5)12-8-6-7-9-25(33)34/h10-11,15,17,19H,6-9,12-13,16,18H2,1-5H3,(H,33,34). The number of carboxylic acid groups (broad SMARTS) is 1. The zero-order valence-electron chi connectivity index (χ0n) is 22.4. The van der Waals surface area contributed by atoms with Gasteiger partial charge < -0.3 is 19.5 Å². The smallest absolute Gasteiger partial charge is 0.410 e. The molecule has 1 aromatic heterocycles. The van der Waals surface area contributed by atoms with E-state index in [2.05, 4.69) is 11.1 Å². The van der Waals surface area contributed by atoms with E-state index in [9.17, 15) is 19.6 Å². The van der Waals surface area contributed by atoms with Crippen LogP contribution in [0.2, 0.25) is 0 Å². The number of amides is 1. The molecule has 1 atom stereocenters. The van der Waals surface area contributed by atoms with E-state index in [4.69, 9.17) is 14.6 Å². The van der Waals surface area contributed by atoms with E-state index < -0.39 is 17.7 Å². The average molecular weight is 512 g/mol. The third-order valence-corrected chi connectivity index (χ3v) is 5.92. The Bertz CT molecular complexity index is 1090. The molecule has 37 heavy (non-hydrogen) atoms. The fourth-order valence-corrected chi connectivity index (χ4v) is 3.98. The second-order valence-corrected chi connectivity index (χ2v) is 10.3. The lowest BCUT2D eigenvalue weighted by atomic mass is 9.89. The highest BCUT2D eigenvalue weighted by molar-refractivity contribution is 5.79. The largest absolute Gasteiger partial charge is 0.487 e. The molecular formula is C28H37N3O6. The summed E-state index contributed by atoms with van der Waals surface area (Å²) in [6.07, 6.45) is 7.81. The number of carboxylic acids is 1. The molecule has 200 valence electrons. The van der Waals surface area contributed by atoms with Crippen LogP contribution in [-0.2, 0) is 16.1 Å². The molecule has 0 radical (unpaired) electrons. The third-order valence-electron chi connectivity index (χ3n) is 5.92. The zero-order chi connectivity index (χ0) is 27.6. The molecular weight excluding hydrogens is 474 g/mol. The van der Waals surface area contributed by atoms with Crippen LogP contribution in [0.25, 0.3) is 0 Å². The third kappa shape index (κ3) is 9.37. The first-order valence-corrected chi connectivity index (χ1v) is 12.5. The van der Waals surface area contributed by atoms with Crippen molar-refractivity contribution < 1.29 is 29.0 Å². The van der Waals surface area contributed by atoms with Crippen molar-refractivity contribution in [1.82, 2.24) is 9.88 Å². The topological polar surface area (TPSA) is 130 Å². The molecule has 1 amide bonds. The summed E-state index contributed by atoms with van der Waals surface area (Å²) in [5.74, 6) is -0.319. The molecule has 1 N–H and O–H groups in total. The number of ether oxygens (including phenoxy) is 2. The van der Waals surface area contributed by atoms with Crippen LogP contribution in [0.1, 0.15) is 81.4 Å². The van der Waals surface area contributed by atoms with Crippen molar-refractivity contribution in [2.45, 2.75) is 78.9 Å². The minimum absolute atomic E-state index is 0.0722. The van der Waals surface area contributed by atoms with Gasteiger partial charge in [0.05, 0.1) is 18.3 Å². The Balaban J connectivity index is 2.28. The molecule has 2 rings (SSSR count). The van der Waals surface area contributed by atoms with Crippen LogP contribution in [-0.4, -0.2) is 52.1 Å². The van der Waals surface area contributed by atoms with Gasteiger partial charge in [-0.05, 0) is 64.5 Å². The lowest BCUT2D eigenvalue weighted by Crippen LogP contribution is -2.37. The maximum Gasteiger partial charge on any atom is 0.410 e. The van der Waals surface area contributed by atoms with E-state index in [0.29, 0.717) is 61.1 Å². The van der Waals surface area contributed by atoms with Crippen molar-refractivity contribution >= 4 is 18.3 Å². The Kier molecular flexibility index (Phi) is 10.9. The van der Waals surface area contributed by atoms with Crippen molar-refractivity contribution in [3.63, 3.8) is 0 Å². The Morgan fingerprint density at radius 2 is 2.00 bits per heavy atom. The molecule has 1 unspecified atom stereocenters. The van der Waals surface area contributed by atoms with Crippen molar-refractivity contribution in [2.24, 2.45) is 5.92 Å². The van der Waals surface area contributed by atoms with Crippen LogP contribution >= 0.6 is 0 Å². The minimum atomic E-state index is -0.851. The molecule has 1 aliphatic carbocycles. The molecule has 0 bridgehead atoms. The van der Waals surface area contributed by atoms with Crippen LogP contribution < -0.4 is 4.74 Å². The van der Waals surface area contributed by atoms with Gasteiger partial charge in [0.25, 0.3) is 0 Å². The highest BCUT2D eigenvalue weighted by Crippen LogP contribution is 2.30. The second-order valence-electron chi connectivity index (χ2n) is 10.3. The first kappa shape index (κ1) is 29.6. The van der Waals surface area contributed by atoms with Crippen molar-refractivity contribution in [2.75, 3.05) is 13.2 Å². The van der Waals surface area contributed by atoms with Gasteiger partial charge in [0.2, 0.25) is 0 Å². The Morgan fingerprint density at radius 3 is 2.59 bits per heavy atom. The van der Waals surface area contributed by atoms with E-state index >= 15 is 0 Å². The van der Waals surface area contributed by atoms with Gasteiger partial charge in [0.1, 0.15) is 18.0 Å². The van der Waals surface area contributed by atoms with E-state index in [0.717, 1.165) is 11.1 Å². The molecule has 0 aliphatic heterocycles. The van der Waals surface area contributed by atoms with Crippen LogP contribution in [0.15, 0.2) is 29.5 Å². The fourth-order valence-electron chi connectivity index (χ4n) is 3.98. The number of carbonyl (C=O) groups excluding carboxylic acids is 2. The minimum Gasteiger partial charge on any atom is -0.487 e. The second kappa shape index (κ2) is 13.6. The number of rotatable bonds is 12. The molecule has 0 spiro atoms. The number of aldehydes is 1. The maximum absolute atomic E-state index is 13.1. The number of carbonyl (C=O) groups is 3. The summed E-state index contributed by atoms with van der Waals surface area (Å²) in [4.78, 5) is 41.6. The highest BCUT2D eigenvalue weighted by atomic mass is 16.6. The van der Waals surface area contributed by atoms with Gasteiger partial charge >= 0.3 is 12.1 Å². The number of hydrogen-bond donors (Lipinski definition) is 1. The lowest BCUT2D eigenvalue weighted by molar-refractivity contribution is -0.137. The summed E-state index contributed by atoms with van der Waals surface area (Å²) in [5.41, 5.74) is 2.47. The molecule has 1 heterocycles. The number of hydrogen-bond acceptors (Lipinski definition) is 7. The first-order chi connectivity index (χ1) is 17.4. The Hall–Kier alpha value is -3.67. The quantitative estimate of drug-likeness (QED) is 0.292. The predicted molar refractivity (Wildman–Crippen MR) is 138 cm³/mol. The fraction of sp³-hybridized carbons (Fsp3) is 0.536. The number of pyridine rings is 1. The van der Waals surface area contributed by atoms with Crippen LogP contribution in [0.5, 0.6) is 5.75 Å². The molecule has 0 saturated carbocycles. The number of aromatic nitrogens is 1. The number of aliphatic carboxylic acids is 1. The molecule has 1 aliphatic rings. The van der Waals surface area contributed by atoms with E-state index in [1.54, 1.807) is 33.8 Å². The zero-order valence-corrected chi connectivity index (χ0v) is 22.4. The molecule has 1 aromatic rings. The van der Waals surface area contributed by atoms with Gasteiger partial charge in [-0.3, -0.25) is 14.6 Å². The van der Waals surface area contributed by atoms with E-state index in [1.807, 2.05) is 13.0 Å². The molecule has 0 saturated heterocycles. The number of nitriles is 1. The summed E-state index contributed by atoms with van der Waals surface area (Å²) in [6.45, 7) is 9.78. The van der Waals surface area contributed by atoms with Gasteiger partial charge in [-0.1, -0.05) is 19.4 Å². The summed E-state index contributed by atoms with van der Waals surface area (Å²) in [7, 11) is 0. The van der Waals surface area contributed by atoms with Crippen LogP contribution in [0.3, 0.4) is 0 Å². The van der Waals surface area contributed by atoms with Gasteiger partial charge in [0, 0.05) is 35.9 Å². The maximum atomic E-state index is 13.1. The monoisotopic (exact) mass is 511 g/mol. The van der Waals surface area contributed by atoms with Crippen LogP contribution in [0, 0.1) is 24.2 Å². The SMILES string of the molecule is Cc1ncc(C=O)c(CN(CCCCCC(=O)O)C(=O)OC(C)(C)C)c1OCC1=CC=C(C#N)C(C)C1. The van der Waals surface area contributed by atoms with Crippen molar-refractivity contribution in [3.05, 3.63) is 46.3 Å². The number of aryl methyl sites for hydroxylation is 1. The predicted octanol–water partition coefficient (Wildman–Crippen LogP) is 5.38. The normalized spacial score (nSPS) is 15.2. The number of allylic oxidation sites excluding steroid dienone is 3. The lowest BCUT2D eigenvalue weighted by Gasteiger charge is -2.29. The number of nitrogens with zero attached hydrogens (tertiary/aromatic N) is 3. The Labute approximate surface area is 218 Å². The van der Waals surface area contributed by atoms with Gasteiger partial charge in [-0.2, -0.15) is 5.26 Å². The van der Waals surface area contributed by atoms with Crippen LogP contribution in [0.4, 0.5) is 4.79 Å². The summed E-state index contributed by atoms with van der Waals surface area (Å²) in [6, 6.07) is 2.21. The highest BCUT2D eigenvalue weighted by Gasteiger charge is 2.25.